The van der Waals surface area contributed by atoms with Crippen molar-refractivity contribution >= 4 is 23.4 Å². The molecule has 4 heterocycles. The molecule has 10 heteroatoms. The zero-order valence-corrected chi connectivity index (χ0v) is 28.0. The van der Waals surface area contributed by atoms with E-state index in [1.807, 2.05) is 51.1 Å². The number of carbonyl (C=O) groups excluding carboxylic acids is 3. The topological polar surface area (TPSA) is 103 Å². The Morgan fingerprint density at radius 1 is 1.13 bits per heavy atom. The summed E-state index contributed by atoms with van der Waals surface area (Å²) >= 11 is 0. The first kappa shape index (κ1) is 34.3. The van der Waals surface area contributed by atoms with E-state index in [0.717, 1.165) is 13.1 Å². The zero-order valence-electron chi connectivity index (χ0n) is 28.0. The average molecular weight is 637 g/mol. The minimum atomic E-state index is -1.21. The highest BCUT2D eigenvalue weighted by atomic mass is 16.5. The highest BCUT2D eigenvalue weighted by Gasteiger charge is 2.80. The highest BCUT2D eigenvalue weighted by molar-refractivity contribution is 6.03. The predicted octanol–water partition coefficient (Wildman–Crippen LogP) is 2.97. The Hall–Kier alpha value is -3.05. The second-order valence-electron chi connectivity index (χ2n) is 13.7. The molecule has 1 N–H and O–H groups in total. The van der Waals surface area contributed by atoms with Crippen LogP contribution < -0.4 is 4.90 Å². The second kappa shape index (κ2) is 14.0. The minimum Gasteiger partial charge on any atom is -0.394 e. The van der Waals surface area contributed by atoms with Crippen molar-refractivity contribution in [3.05, 3.63) is 55.6 Å². The molecule has 1 spiro atoms. The van der Waals surface area contributed by atoms with E-state index < -0.39 is 35.1 Å². The first-order valence-electron chi connectivity index (χ1n) is 16.9. The van der Waals surface area contributed by atoms with E-state index in [1.54, 1.807) is 26.9 Å². The first-order valence-corrected chi connectivity index (χ1v) is 16.9. The van der Waals surface area contributed by atoms with Crippen LogP contribution in [0, 0.1) is 23.7 Å². The summed E-state index contributed by atoms with van der Waals surface area (Å²) in [6.45, 7) is 20.1. The Morgan fingerprint density at radius 3 is 2.41 bits per heavy atom. The van der Waals surface area contributed by atoms with Gasteiger partial charge in [0.05, 0.1) is 43.3 Å². The lowest BCUT2D eigenvalue weighted by Gasteiger charge is -2.41. The van der Waals surface area contributed by atoms with Gasteiger partial charge in [-0.15, -0.1) is 13.2 Å². The number of nitrogens with zero attached hydrogens (tertiary/aromatic N) is 4. The monoisotopic (exact) mass is 636 g/mol. The van der Waals surface area contributed by atoms with Gasteiger partial charge in [-0.2, -0.15) is 0 Å². The number of aliphatic hydroxyl groups excluding tert-OH is 1. The summed E-state index contributed by atoms with van der Waals surface area (Å²) in [5.74, 6) is -2.59. The Kier molecular flexibility index (Phi) is 10.4. The largest absolute Gasteiger partial charge is 0.394 e. The van der Waals surface area contributed by atoms with Gasteiger partial charge in [0.1, 0.15) is 11.6 Å². The molecule has 3 unspecified atom stereocenters. The molecule has 8 atom stereocenters. The number of benzene rings is 1. The number of hydrogen-bond donors (Lipinski definition) is 1. The van der Waals surface area contributed by atoms with Gasteiger partial charge in [-0.25, -0.2) is 0 Å². The van der Waals surface area contributed by atoms with Gasteiger partial charge in [-0.05, 0) is 37.3 Å². The fraction of sp³-hybridized carbons (Fsp3) is 0.639. The number of amides is 3. The number of ether oxygens (including phenoxy) is 2. The zero-order chi connectivity index (χ0) is 33.2. The predicted molar refractivity (Wildman–Crippen MR) is 177 cm³/mol. The number of rotatable bonds is 14. The lowest BCUT2D eigenvalue weighted by molar-refractivity contribution is -0.156. The van der Waals surface area contributed by atoms with Crippen LogP contribution in [0.15, 0.2) is 55.6 Å². The van der Waals surface area contributed by atoms with Crippen molar-refractivity contribution in [2.75, 3.05) is 64.0 Å². The molecule has 4 saturated heterocycles. The molecule has 1 aromatic rings. The van der Waals surface area contributed by atoms with Crippen molar-refractivity contribution in [1.82, 2.24) is 14.7 Å². The van der Waals surface area contributed by atoms with Crippen LogP contribution in [0.3, 0.4) is 0 Å². The fourth-order valence-electron chi connectivity index (χ4n) is 8.44. The van der Waals surface area contributed by atoms with Crippen molar-refractivity contribution in [2.45, 2.75) is 63.8 Å². The quantitative estimate of drug-likeness (QED) is 0.314. The molecule has 0 aliphatic carbocycles. The Bertz CT molecular complexity index is 1290. The normalized spacial score (nSPS) is 31.8. The standard InChI is InChI=1S/C36H52N4O6/c1-7-15-38(18-17-37-19-21-45-22-20-37)34(44)31-36-23-26(5)35(6,46-36)29(30(36)33(43)40(31)28(24-41)25(4)9-3)32(42)39(16-8-2)27-13-11-10-12-14-27/h7-8,10-14,25-26,28-31,41H,1-2,9,15-24H2,3-6H3/t25-,26?,28-,29+,30-,31?,35-,36?/m0/s1. The van der Waals surface area contributed by atoms with E-state index in [0.29, 0.717) is 51.4 Å². The summed E-state index contributed by atoms with van der Waals surface area (Å²) in [5, 5.41) is 10.8. The molecule has 4 aliphatic rings. The maximum absolute atomic E-state index is 14.9. The molecule has 3 amide bonds. The van der Waals surface area contributed by atoms with Crippen LogP contribution in [-0.4, -0.2) is 120 Å². The van der Waals surface area contributed by atoms with E-state index >= 15 is 0 Å². The van der Waals surface area contributed by atoms with Gasteiger partial charge < -0.3 is 29.3 Å². The van der Waals surface area contributed by atoms with Gasteiger partial charge in [0.15, 0.2) is 0 Å². The summed E-state index contributed by atoms with van der Waals surface area (Å²) in [5.41, 5.74) is -1.46. The van der Waals surface area contributed by atoms with Crippen LogP contribution in [0.5, 0.6) is 0 Å². The molecule has 1 aromatic carbocycles. The maximum Gasteiger partial charge on any atom is 0.248 e. The molecule has 0 radical (unpaired) electrons. The molecule has 10 nitrogen and oxygen atoms in total. The third kappa shape index (κ3) is 5.71. The Morgan fingerprint density at radius 2 is 1.80 bits per heavy atom. The van der Waals surface area contributed by atoms with Gasteiger partial charge in [0.2, 0.25) is 17.7 Å². The van der Waals surface area contributed by atoms with E-state index in [9.17, 15) is 19.5 Å². The minimum absolute atomic E-state index is 0.0818. The van der Waals surface area contributed by atoms with Crippen LogP contribution in [0.25, 0.3) is 0 Å². The number of aliphatic hydroxyl groups is 1. The molecule has 4 aliphatic heterocycles. The van der Waals surface area contributed by atoms with Gasteiger partial charge in [-0.3, -0.25) is 19.3 Å². The van der Waals surface area contributed by atoms with Crippen LogP contribution in [-0.2, 0) is 23.9 Å². The van der Waals surface area contributed by atoms with Crippen LogP contribution in [0.1, 0.15) is 40.5 Å². The molecule has 252 valence electrons. The molecular weight excluding hydrogens is 584 g/mol. The Labute approximate surface area is 274 Å². The molecule has 0 saturated carbocycles. The number of likely N-dealkylation sites (tertiary alicyclic amines) is 1. The van der Waals surface area contributed by atoms with Crippen molar-refractivity contribution in [3.8, 4) is 0 Å². The smallest absolute Gasteiger partial charge is 0.248 e. The summed E-state index contributed by atoms with van der Waals surface area (Å²) in [4.78, 5) is 51.9. The van der Waals surface area contributed by atoms with Crippen LogP contribution in [0.2, 0.25) is 0 Å². The maximum atomic E-state index is 14.9. The Balaban J connectivity index is 1.58. The third-order valence-corrected chi connectivity index (χ3v) is 11.2. The molecule has 5 rings (SSSR count). The molecular formula is C36H52N4O6. The van der Waals surface area contributed by atoms with Crippen molar-refractivity contribution in [2.24, 2.45) is 23.7 Å². The van der Waals surface area contributed by atoms with Crippen molar-refractivity contribution in [1.29, 1.82) is 0 Å². The fourth-order valence-corrected chi connectivity index (χ4v) is 8.44. The first-order chi connectivity index (χ1) is 22.1. The molecule has 4 fully saturated rings. The summed E-state index contributed by atoms with van der Waals surface area (Å²) in [6, 6.07) is 7.82. The SMILES string of the molecule is C=CCN(CCN1CCOCC1)C(=O)C1N([C@@H](CO)[C@@H](C)CC)C(=O)[C@@H]2[C@H](C(=O)N(CC=C)c3ccccc3)[C@@]3(C)OC12CC3C. The third-order valence-electron chi connectivity index (χ3n) is 11.2. The van der Waals surface area contributed by atoms with E-state index in [1.165, 1.54) is 0 Å². The summed E-state index contributed by atoms with van der Waals surface area (Å²) in [6.07, 6.45) is 4.57. The number of carbonyl (C=O) groups is 3. The van der Waals surface area contributed by atoms with E-state index in [-0.39, 0.29) is 42.7 Å². The van der Waals surface area contributed by atoms with Crippen LogP contribution in [0.4, 0.5) is 5.69 Å². The van der Waals surface area contributed by atoms with Gasteiger partial charge in [0, 0.05) is 45.0 Å². The number of para-hydroxylation sites is 1. The van der Waals surface area contributed by atoms with E-state index in [4.69, 9.17) is 9.47 Å². The second-order valence-corrected chi connectivity index (χ2v) is 13.7. The molecule has 0 aromatic heterocycles. The lowest BCUT2D eigenvalue weighted by atomic mass is 9.62. The van der Waals surface area contributed by atoms with Crippen molar-refractivity contribution in [3.63, 3.8) is 0 Å². The number of morpholine rings is 1. The summed E-state index contributed by atoms with van der Waals surface area (Å²) in [7, 11) is 0. The summed E-state index contributed by atoms with van der Waals surface area (Å²) < 4.78 is 12.5. The van der Waals surface area contributed by atoms with E-state index in [2.05, 4.69) is 25.0 Å². The van der Waals surface area contributed by atoms with Gasteiger partial charge >= 0.3 is 0 Å². The number of anilines is 1. The lowest BCUT2D eigenvalue weighted by Crippen LogP contribution is -2.60. The van der Waals surface area contributed by atoms with Crippen LogP contribution >= 0.6 is 0 Å². The van der Waals surface area contributed by atoms with Gasteiger partial charge in [-0.1, -0.05) is 57.5 Å². The average Bonchev–Trinajstić information content (AvgIpc) is 3.58. The number of hydrogen-bond acceptors (Lipinski definition) is 7. The van der Waals surface area contributed by atoms with Crippen molar-refractivity contribution < 1.29 is 29.0 Å². The van der Waals surface area contributed by atoms with Gasteiger partial charge in [0.25, 0.3) is 0 Å². The molecule has 2 bridgehead atoms. The molecule has 46 heavy (non-hydrogen) atoms. The highest BCUT2D eigenvalue weighted by Crippen LogP contribution is 2.66. The number of fused-ring (bicyclic) bond motifs is 1.